The van der Waals surface area contributed by atoms with Gasteiger partial charge in [-0.2, -0.15) is 0 Å². The second kappa shape index (κ2) is 5.13. The minimum Gasteiger partial charge on any atom is -0.370 e. The maximum Gasteiger partial charge on any atom is 0.218 e. The molecule has 0 aliphatic heterocycles. The third-order valence-electron chi connectivity index (χ3n) is 1.78. The third-order valence-corrected chi connectivity index (χ3v) is 1.78. The third kappa shape index (κ3) is 4.79. The topological polar surface area (TPSA) is 46.3 Å². The minimum atomic E-state index is -0.218. The molecule has 0 aromatic carbocycles. The van der Waals surface area contributed by atoms with Crippen molar-refractivity contribution in [2.45, 2.75) is 33.2 Å². The number of carbonyl (C=O) groups is 1. The average molecular weight is 158 g/mol. The van der Waals surface area contributed by atoms with Crippen LogP contribution >= 0.6 is 0 Å². The largest absolute Gasteiger partial charge is 0.370 e. The first-order valence-electron chi connectivity index (χ1n) is 4.10. The summed E-state index contributed by atoms with van der Waals surface area (Å²) in [5.41, 5.74) is 5.03. The standard InChI is InChI=1S/C8H18N2O/c1-4-10(7(2)3)6-5-8(9)11/h7H,4-6H2,1-3H3,(H2,9,11). The van der Waals surface area contributed by atoms with Crippen LogP contribution in [-0.4, -0.2) is 29.9 Å². The molecule has 1 amide bonds. The Morgan fingerprint density at radius 1 is 1.55 bits per heavy atom. The Morgan fingerprint density at radius 2 is 2.09 bits per heavy atom. The number of primary amides is 1. The van der Waals surface area contributed by atoms with Crippen LogP contribution in [0.15, 0.2) is 0 Å². The van der Waals surface area contributed by atoms with E-state index in [1.807, 2.05) is 0 Å². The van der Waals surface area contributed by atoms with Gasteiger partial charge in [-0.05, 0) is 20.4 Å². The van der Waals surface area contributed by atoms with Crippen LogP contribution < -0.4 is 5.73 Å². The molecule has 0 radical (unpaired) electrons. The van der Waals surface area contributed by atoms with Gasteiger partial charge in [0.05, 0.1) is 0 Å². The smallest absolute Gasteiger partial charge is 0.218 e. The Kier molecular flexibility index (Phi) is 4.86. The highest BCUT2D eigenvalue weighted by Crippen LogP contribution is 1.97. The zero-order valence-corrected chi connectivity index (χ0v) is 7.63. The van der Waals surface area contributed by atoms with E-state index in [0.29, 0.717) is 12.5 Å². The van der Waals surface area contributed by atoms with Crippen molar-refractivity contribution in [3.8, 4) is 0 Å². The van der Waals surface area contributed by atoms with Crippen LogP contribution in [0.5, 0.6) is 0 Å². The van der Waals surface area contributed by atoms with Gasteiger partial charge in [0.1, 0.15) is 0 Å². The molecule has 0 atom stereocenters. The summed E-state index contributed by atoms with van der Waals surface area (Å²) in [6.45, 7) is 8.07. The maximum atomic E-state index is 10.4. The van der Waals surface area contributed by atoms with Gasteiger partial charge in [-0.1, -0.05) is 6.92 Å². The van der Waals surface area contributed by atoms with Crippen molar-refractivity contribution in [1.29, 1.82) is 0 Å². The Morgan fingerprint density at radius 3 is 2.36 bits per heavy atom. The molecule has 0 aliphatic rings. The van der Waals surface area contributed by atoms with Crippen molar-refractivity contribution in [1.82, 2.24) is 4.90 Å². The quantitative estimate of drug-likeness (QED) is 0.636. The lowest BCUT2D eigenvalue weighted by molar-refractivity contribution is -0.118. The Hall–Kier alpha value is -0.570. The minimum absolute atomic E-state index is 0.218. The first kappa shape index (κ1) is 10.4. The fourth-order valence-electron chi connectivity index (χ4n) is 1.04. The maximum absolute atomic E-state index is 10.4. The highest BCUT2D eigenvalue weighted by molar-refractivity contribution is 5.73. The molecule has 0 fully saturated rings. The summed E-state index contributed by atoms with van der Waals surface area (Å²) in [7, 11) is 0. The summed E-state index contributed by atoms with van der Waals surface area (Å²) in [6.07, 6.45) is 0.464. The lowest BCUT2D eigenvalue weighted by Crippen LogP contribution is -2.33. The van der Waals surface area contributed by atoms with Gasteiger partial charge in [-0.3, -0.25) is 4.79 Å². The van der Waals surface area contributed by atoms with E-state index < -0.39 is 0 Å². The monoisotopic (exact) mass is 158 g/mol. The molecule has 0 aromatic rings. The van der Waals surface area contributed by atoms with Crippen LogP contribution in [0.2, 0.25) is 0 Å². The van der Waals surface area contributed by atoms with E-state index in [1.54, 1.807) is 0 Å². The molecule has 0 spiro atoms. The van der Waals surface area contributed by atoms with Gasteiger partial charge in [0, 0.05) is 19.0 Å². The van der Waals surface area contributed by atoms with E-state index in [9.17, 15) is 4.79 Å². The van der Waals surface area contributed by atoms with Crippen LogP contribution in [0, 0.1) is 0 Å². The first-order valence-corrected chi connectivity index (χ1v) is 4.10. The molecule has 0 rings (SSSR count). The van der Waals surface area contributed by atoms with E-state index in [2.05, 4.69) is 25.7 Å². The van der Waals surface area contributed by atoms with Gasteiger partial charge in [0.2, 0.25) is 5.91 Å². The zero-order valence-electron chi connectivity index (χ0n) is 7.63. The van der Waals surface area contributed by atoms with Gasteiger partial charge >= 0.3 is 0 Å². The molecule has 0 bridgehead atoms. The van der Waals surface area contributed by atoms with Gasteiger partial charge in [0.15, 0.2) is 0 Å². The number of hydrogen-bond donors (Lipinski definition) is 1. The number of nitrogens with zero attached hydrogens (tertiary/aromatic N) is 1. The summed E-state index contributed by atoms with van der Waals surface area (Å²) in [4.78, 5) is 12.7. The summed E-state index contributed by atoms with van der Waals surface area (Å²) in [5, 5.41) is 0. The fourth-order valence-corrected chi connectivity index (χ4v) is 1.04. The van der Waals surface area contributed by atoms with Crippen LogP contribution in [-0.2, 0) is 4.79 Å². The van der Waals surface area contributed by atoms with Crippen molar-refractivity contribution in [2.75, 3.05) is 13.1 Å². The molecular formula is C8H18N2O. The number of hydrogen-bond acceptors (Lipinski definition) is 2. The van der Waals surface area contributed by atoms with Crippen molar-refractivity contribution in [2.24, 2.45) is 5.73 Å². The van der Waals surface area contributed by atoms with Crippen molar-refractivity contribution in [3.05, 3.63) is 0 Å². The fraction of sp³-hybridized carbons (Fsp3) is 0.875. The molecule has 0 heterocycles. The lowest BCUT2D eigenvalue weighted by atomic mass is 10.3. The van der Waals surface area contributed by atoms with E-state index in [0.717, 1.165) is 13.1 Å². The molecule has 0 unspecified atom stereocenters. The number of carbonyl (C=O) groups excluding carboxylic acids is 1. The molecule has 11 heavy (non-hydrogen) atoms. The summed E-state index contributed by atoms with van der Waals surface area (Å²) < 4.78 is 0. The van der Waals surface area contributed by atoms with E-state index in [4.69, 9.17) is 5.73 Å². The molecule has 0 aliphatic carbocycles. The van der Waals surface area contributed by atoms with Crippen LogP contribution in [0.4, 0.5) is 0 Å². The van der Waals surface area contributed by atoms with Gasteiger partial charge in [-0.25, -0.2) is 0 Å². The Labute approximate surface area is 68.6 Å². The Bertz CT molecular complexity index is 123. The zero-order chi connectivity index (χ0) is 8.85. The highest BCUT2D eigenvalue weighted by atomic mass is 16.1. The van der Waals surface area contributed by atoms with Gasteiger partial charge in [-0.15, -0.1) is 0 Å². The average Bonchev–Trinajstić information content (AvgIpc) is 1.87. The second-order valence-electron chi connectivity index (χ2n) is 2.94. The summed E-state index contributed by atoms with van der Waals surface area (Å²) in [5.74, 6) is -0.218. The second-order valence-corrected chi connectivity index (χ2v) is 2.94. The van der Waals surface area contributed by atoms with Gasteiger partial charge in [0.25, 0.3) is 0 Å². The SMILES string of the molecule is CCN(CCC(N)=O)C(C)C. The van der Waals surface area contributed by atoms with Crippen molar-refractivity contribution in [3.63, 3.8) is 0 Å². The Balaban J connectivity index is 3.61. The molecular weight excluding hydrogens is 140 g/mol. The van der Waals surface area contributed by atoms with E-state index >= 15 is 0 Å². The van der Waals surface area contributed by atoms with Crippen molar-refractivity contribution < 1.29 is 4.79 Å². The first-order chi connectivity index (χ1) is 5.07. The predicted octanol–water partition coefficient (Wildman–Crippen LogP) is 0.592. The van der Waals surface area contributed by atoms with Crippen molar-refractivity contribution >= 4 is 5.91 Å². The molecule has 66 valence electrons. The molecule has 3 heteroatoms. The molecule has 0 saturated heterocycles. The molecule has 0 saturated carbocycles. The van der Waals surface area contributed by atoms with Crippen LogP contribution in [0.3, 0.4) is 0 Å². The lowest BCUT2D eigenvalue weighted by Gasteiger charge is -2.23. The van der Waals surface area contributed by atoms with Crippen LogP contribution in [0.1, 0.15) is 27.2 Å². The molecule has 3 nitrogen and oxygen atoms in total. The number of rotatable bonds is 5. The molecule has 2 N–H and O–H groups in total. The van der Waals surface area contributed by atoms with Crippen LogP contribution in [0.25, 0.3) is 0 Å². The summed E-state index contributed by atoms with van der Waals surface area (Å²) >= 11 is 0. The van der Waals surface area contributed by atoms with Gasteiger partial charge < -0.3 is 10.6 Å². The summed E-state index contributed by atoms with van der Waals surface area (Å²) in [6, 6.07) is 0.499. The van der Waals surface area contributed by atoms with E-state index in [1.165, 1.54) is 0 Å². The predicted molar refractivity (Wildman–Crippen MR) is 46.2 cm³/mol. The highest BCUT2D eigenvalue weighted by Gasteiger charge is 2.06. The molecule has 0 aromatic heterocycles. The number of nitrogens with two attached hydrogens (primary N) is 1. The number of amides is 1. The van der Waals surface area contributed by atoms with E-state index in [-0.39, 0.29) is 5.91 Å². The normalized spacial score (nSPS) is 11.0.